The van der Waals surface area contributed by atoms with Crippen LogP contribution in [0, 0.1) is 0 Å². The van der Waals surface area contributed by atoms with Crippen molar-refractivity contribution in [1.29, 1.82) is 0 Å². The van der Waals surface area contributed by atoms with Crippen LogP contribution >= 0.6 is 22.9 Å². The topological polar surface area (TPSA) is 95.1 Å². The molecule has 0 saturated carbocycles. The Labute approximate surface area is 116 Å². The Morgan fingerprint density at radius 3 is 2.74 bits per heavy atom. The molecular formula is C12H8ClN3O2S. The molecule has 3 rings (SSSR count). The lowest BCUT2D eigenvalue weighted by molar-refractivity contribution is 0.0996. The molecule has 0 aliphatic rings. The predicted molar refractivity (Wildman–Crippen MR) is 75.3 cm³/mol. The van der Waals surface area contributed by atoms with Gasteiger partial charge in [0.25, 0.3) is 5.91 Å². The maximum absolute atomic E-state index is 11.1. The van der Waals surface area contributed by atoms with Crippen molar-refractivity contribution in [2.45, 2.75) is 0 Å². The molecule has 5 nitrogen and oxygen atoms in total. The summed E-state index contributed by atoms with van der Waals surface area (Å²) >= 11 is 7.70. The molecule has 0 atom stereocenters. The first-order valence-corrected chi connectivity index (χ1v) is 6.51. The minimum absolute atomic E-state index is 0.0801. The van der Waals surface area contributed by atoms with E-state index in [2.05, 4.69) is 4.98 Å². The molecule has 96 valence electrons. The Morgan fingerprint density at radius 1 is 1.37 bits per heavy atom. The molecule has 0 saturated heterocycles. The minimum atomic E-state index is -0.732. The number of fused-ring (bicyclic) bond motifs is 1. The third kappa shape index (κ3) is 1.85. The zero-order chi connectivity index (χ0) is 13.6. The molecule has 0 unspecified atom stereocenters. The van der Waals surface area contributed by atoms with Crippen LogP contribution in [-0.2, 0) is 0 Å². The highest BCUT2D eigenvalue weighted by Crippen LogP contribution is 2.42. The van der Waals surface area contributed by atoms with Gasteiger partial charge in [-0.1, -0.05) is 29.8 Å². The van der Waals surface area contributed by atoms with Gasteiger partial charge in [-0.05, 0) is 6.07 Å². The number of oxazole rings is 1. The van der Waals surface area contributed by atoms with Crippen LogP contribution in [0.1, 0.15) is 10.5 Å². The quantitative estimate of drug-likeness (QED) is 0.759. The van der Waals surface area contributed by atoms with Gasteiger partial charge in [-0.3, -0.25) is 4.79 Å². The Balaban J connectivity index is 2.22. The molecule has 0 aliphatic carbocycles. The summed E-state index contributed by atoms with van der Waals surface area (Å²) in [5.74, 6) is -0.627. The van der Waals surface area contributed by atoms with Crippen LogP contribution in [0.2, 0.25) is 5.02 Å². The Kier molecular flexibility index (Phi) is 2.69. The van der Waals surface area contributed by atoms with Crippen molar-refractivity contribution < 1.29 is 9.21 Å². The molecule has 3 aromatic rings. The lowest BCUT2D eigenvalue weighted by Gasteiger charge is -1.90. The molecule has 2 heterocycles. The Morgan fingerprint density at radius 2 is 2.11 bits per heavy atom. The number of hydrogen-bond acceptors (Lipinski definition) is 5. The van der Waals surface area contributed by atoms with Crippen LogP contribution in [0.15, 0.2) is 28.7 Å². The SMILES string of the molecule is NC(=O)c1nc(-c2sc3ccccc3c2Cl)oc1N. The summed E-state index contributed by atoms with van der Waals surface area (Å²) in [7, 11) is 0. The van der Waals surface area contributed by atoms with Crippen LogP contribution in [-0.4, -0.2) is 10.9 Å². The van der Waals surface area contributed by atoms with Crippen LogP contribution in [0.5, 0.6) is 0 Å². The highest BCUT2D eigenvalue weighted by molar-refractivity contribution is 7.23. The number of hydrogen-bond donors (Lipinski definition) is 2. The summed E-state index contributed by atoms with van der Waals surface area (Å²) < 4.78 is 6.26. The first-order valence-electron chi connectivity index (χ1n) is 5.31. The zero-order valence-corrected chi connectivity index (χ0v) is 11.1. The van der Waals surface area contributed by atoms with E-state index in [1.165, 1.54) is 11.3 Å². The molecule has 0 fully saturated rings. The predicted octanol–water partition coefficient (Wildman–Crippen LogP) is 2.89. The number of nitrogens with two attached hydrogens (primary N) is 2. The molecular weight excluding hydrogens is 286 g/mol. The zero-order valence-electron chi connectivity index (χ0n) is 9.51. The van der Waals surface area contributed by atoms with Gasteiger partial charge >= 0.3 is 0 Å². The molecule has 19 heavy (non-hydrogen) atoms. The van der Waals surface area contributed by atoms with Crippen LogP contribution in [0.4, 0.5) is 5.88 Å². The minimum Gasteiger partial charge on any atom is -0.419 e. The number of carbonyl (C=O) groups excluding carboxylic acids is 1. The van der Waals surface area contributed by atoms with Crippen molar-refractivity contribution in [3.63, 3.8) is 0 Å². The fourth-order valence-corrected chi connectivity index (χ4v) is 3.20. The van der Waals surface area contributed by atoms with Gasteiger partial charge in [0.1, 0.15) is 4.88 Å². The third-order valence-electron chi connectivity index (χ3n) is 2.62. The number of carbonyl (C=O) groups is 1. The van der Waals surface area contributed by atoms with Gasteiger partial charge in [-0.15, -0.1) is 11.3 Å². The fraction of sp³-hybridized carbons (Fsp3) is 0. The van der Waals surface area contributed by atoms with Crippen LogP contribution in [0.3, 0.4) is 0 Å². The number of anilines is 1. The second-order valence-corrected chi connectivity index (χ2v) is 5.27. The summed E-state index contributed by atoms with van der Waals surface area (Å²) in [5.41, 5.74) is 10.6. The summed E-state index contributed by atoms with van der Waals surface area (Å²) in [6.45, 7) is 0. The molecule has 0 aliphatic heterocycles. The van der Waals surface area contributed by atoms with E-state index in [0.29, 0.717) is 9.90 Å². The van der Waals surface area contributed by atoms with E-state index in [1.807, 2.05) is 24.3 Å². The number of halogens is 1. The van der Waals surface area contributed by atoms with Crippen LogP contribution < -0.4 is 11.5 Å². The van der Waals surface area contributed by atoms with E-state index in [4.69, 9.17) is 27.5 Å². The Bertz CT molecular complexity index is 793. The second kappa shape index (κ2) is 4.25. The maximum atomic E-state index is 11.1. The number of thiophene rings is 1. The van der Waals surface area contributed by atoms with Crippen molar-refractivity contribution in [2.24, 2.45) is 5.73 Å². The van der Waals surface area contributed by atoms with E-state index >= 15 is 0 Å². The summed E-state index contributed by atoms with van der Waals surface area (Å²) in [6, 6.07) is 7.65. The van der Waals surface area contributed by atoms with Gasteiger partial charge in [0, 0.05) is 10.1 Å². The molecule has 2 aromatic heterocycles. The molecule has 0 bridgehead atoms. The Hall–Kier alpha value is -2.05. The maximum Gasteiger partial charge on any atom is 0.273 e. The third-order valence-corrected chi connectivity index (χ3v) is 4.28. The van der Waals surface area contributed by atoms with E-state index in [0.717, 1.165) is 10.1 Å². The van der Waals surface area contributed by atoms with Gasteiger partial charge in [-0.2, -0.15) is 0 Å². The number of nitrogens with zero attached hydrogens (tertiary/aromatic N) is 1. The van der Waals surface area contributed by atoms with Crippen LogP contribution in [0.25, 0.3) is 20.9 Å². The molecule has 0 radical (unpaired) electrons. The fourth-order valence-electron chi connectivity index (χ4n) is 1.76. The average Bonchev–Trinajstić information content (AvgIpc) is 2.91. The largest absolute Gasteiger partial charge is 0.419 e. The molecule has 7 heteroatoms. The van der Waals surface area contributed by atoms with Crippen molar-refractivity contribution in [3.05, 3.63) is 35.0 Å². The number of amides is 1. The van der Waals surface area contributed by atoms with E-state index < -0.39 is 5.91 Å². The van der Waals surface area contributed by atoms with Gasteiger partial charge < -0.3 is 15.9 Å². The van der Waals surface area contributed by atoms with E-state index in [-0.39, 0.29) is 17.5 Å². The highest BCUT2D eigenvalue weighted by Gasteiger charge is 2.21. The first kappa shape index (κ1) is 12.0. The standard InChI is InChI=1S/C12H8ClN3O2S/c13-7-5-3-1-2-4-6(5)19-9(7)12-16-8(10(14)17)11(15)18-12/h1-4H,15H2,(H2,14,17). The number of benzene rings is 1. The lowest BCUT2D eigenvalue weighted by Crippen LogP contribution is -2.13. The average molecular weight is 294 g/mol. The summed E-state index contributed by atoms with van der Waals surface area (Å²) in [5, 5.41) is 1.43. The first-order chi connectivity index (χ1) is 9.08. The van der Waals surface area contributed by atoms with Crippen molar-refractivity contribution in [1.82, 2.24) is 4.98 Å². The lowest BCUT2D eigenvalue weighted by atomic mass is 10.2. The smallest absolute Gasteiger partial charge is 0.273 e. The summed E-state index contributed by atoms with van der Waals surface area (Å²) in [6.07, 6.45) is 0. The number of nitrogen functional groups attached to an aromatic ring is 1. The molecule has 0 spiro atoms. The highest BCUT2D eigenvalue weighted by atomic mass is 35.5. The number of primary amides is 1. The van der Waals surface area contributed by atoms with Gasteiger partial charge in [0.2, 0.25) is 11.8 Å². The van der Waals surface area contributed by atoms with Gasteiger partial charge in [0.15, 0.2) is 5.69 Å². The molecule has 1 aromatic carbocycles. The molecule has 1 amide bonds. The molecule has 4 N–H and O–H groups in total. The van der Waals surface area contributed by atoms with Gasteiger partial charge in [0.05, 0.1) is 5.02 Å². The summed E-state index contributed by atoms with van der Waals surface area (Å²) in [4.78, 5) is 15.7. The number of rotatable bonds is 2. The normalized spacial score (nSPS) is 11.0. The van der Waals surface area contributed by atoms with Crippen molar-refractivity contribution in [3.8, 4) is 10.8 Å². The van der Waals surface area contributed by atoms with Crippen molar-refractivity contribution >= 4 is 44.8 Å². The monoisotopic (exact) mass is 293 g/mol. The number of aromatic nitrogens is 1. The van der Waals surface area contributed by atoms with E-state index in [1.54, 1.807) is 0 Å². The van der Waals surface area contributed by atoms with Gasteiger partial charge in [-0.25, -0.2) is 4.98 Å². The van der Waals surface area contributed by atoms with Crippen molar-refractivity contribution in [2.75, 3.05) is 5.73 Å². The second-order valence-electron chi connectivity index (χ2n) is 3.84. The van der Waals surface area contributed by atoms with E-state index in [9.17, 15) is 4.79 Å².